The van der Waals surface area contributed by atoms with E-state index in [4.69, 9.17) is 14.4 Å². The van der Waals surface area contributed by atoms with Gasteiger partial charge in [-0.05, 0) is 5.75 Å². The fraction of sp³-hybridized carbons (Fsp3) is 1.00. The first-order chi connectivity index (χ1) is 3.15. The fourth-order valence-corrected chi connectivity index (χ4v) is 0. The molecule has 4 nitrogen and oxygen atoms in total. The van der Waals surface area contributed by atoms with E-state index in [0.29, 0.717) is 0 Å². The Balaban J connectivity index is -0.0000000131. The van der Waals surface area contributed by atoms with Gasteiger partial charge in [0, 0.05) is 4.57 Å². The van der Waals surface area contributed by atoms with E-state index >= 15 is 0 Å². The molecule has 0 rings (SSSR count). The molecule has 0 bridgehead atoms. The molecule has 0 saturated heterocycles. The molecule has 0 radical (unpaired) electrons. The predicted octanol–water partition coefficient (Wildman–Crippen LogP) is -3.14. The van der Waals surface area contributed by atoms with Crippen LogP contribution in [0.3, 0.4) is 0 Å². The second kappa shape index (κ2) is 22.8. The summed E-state index contributed by atoms with van der Waals surface area (Å²) in [4.78, 5) is 14.2. The Bertz CT molecular complexity index is 54.5. The van der Waals surface area contributed by atoms with Gasteiger partial charge >= 0.3 is 37.8 Å². The molecule has 0 saturated carbocycles. The maximum atomic E-state index is 8.70. The van der Waals surface area contributed by atoms with Crippen LogP contribution in [0.25, 0.3) is 0 Å². The van der Waals surface area contributed by atoms with Crippen molar-refractivity contribution in [3.05, 3.63) is 0 Å². The minimum absolute atomic E-state index is 0. The minimum atomic E-state index is -2.87. The SMILES string of the molecule is CCS.O.O=[P+](O)O.[H-].[Na+]. The van der Waals surface area contributed by atoms with Gasteiger partial charge in [-0.15, -0.1) is 9.79 Å². The molecule has 0 spiro atoms. The smallest absolute Gasteiger partial charge is 1.00 e. The van der Waals surface area contributed by atoms with E-state index in [1.807, 2.05) is 6.92 Å². The molecule has 0 aliphatic heterocycles. The van der Waals surface area contributed by atoms with E-state index in [2.05, 4.69) is 12.6 Å². The number of hydrogen-bond acceptors (Lipinski definition) is 2. The van der Waals surface area contributed by atoms with Gasteiger partial charge in [-0.2, -0.15) is 12.6 Å². The van der Waals surface area contributed by atoms with E-state index in [-0.39, 0.29) is 36.5 Å². The number of rotatable bonds is 0. The maximum absolute atomic E-state index is 8.70. The van der Waals surface area contributed by atoms with Crippen LogP contribution in [0.15, 0.2) is 0 Å². The van der Waals surface area contributed by atoms with Crippen molar-refractivity contribution in [2.75, 3.05) is 5.75 Å². The van der Waals surface area contributed by atoms with Crippen molar-refractivity contribution in [1.29, 1.82) is 0 Å². The molecule has 9 heavy (non-hydrogen) atoms. The van der Waals surface area contributed by atoms with Crippen LogP contribution in [0.1, 0.15) is 8.35 Å². The predicted molar refractivity (Wildman–Crippen MR) is 36.3 cm³/mol. The van der Waals surface area contributed by atoms with Gasteiger partial charge in [-0.3, -0.25) is 0 Å². The van der Waals surface area contributed by atoms with E-state index < -0.39 is 8.25 Å². The monoisotopic (exact) mass is 185 g/mol. The van der Waals surface area contributed by atoms with Crippen LogP contribution in [0.4, 0.5) is 0 Å². The Morgan fingerprint density at radius 2 is 1.67 bits per heavy atom. The largest absolute Gasteiger partial charge is 1.00 e. The van der Waals surface area contributed by atoms with Gasteiger partial charge in [-0.1, -0.05) is 6.92 Å². The molecule has 4 N–H and O–H groups in total. The zero-order valence-electron chi connectivity index (χ0n) is 6.40. The summed E-state index contributed by atoms with van der Waals surface area (Å²) in [6.07, 6.45) is 0. The van der Waals surface area contributed by atoms with Crippen LogP contribution < -0.4 is 29.6 Å². The van der Waals surface area contributed by atoms with Gasteiger partial charge in [0.05, 0.1) is 0 Å². The molecule has 0 aliphatic carbocycles. The molecule has 0 aromatic carbocycles. The Morgan fingerprint density at radius 1 is 1.67 bits per heavy atom. The Hall–Kier alpha value is 1.33. The summed E-state index contributed by atoms with van der Waals surface area (Å²) in [6, 6.07) is 0. The summed E-state index contributed by atoms with van der Waals surface area (Å²) in [6.45, 7) is 1.99. The molecule has 0 heterocycles. The van der Waals surface area contributed by atoms with E-state index in [1.54, 1.807) is 0 Å². The minimum Gasteiger partial charge on any atom is -1.00 e. The van der Waals surface area contributed by atoms with Gasteiger partial charge in [-0.25, -0.2) is 0 Å². The van der Waals surface area contributed by atoms with Crippen molar-refractivity contribution < 1.29 is 50.8 Å². The van der Waals surface area contributed by atoms with Crippen LogP contribution >= 0.6 is 20.9 Å². The molecule has 0 fully saturated rings. The second-order valence-electron chi connectivity index (χ2n) is 0.569. The summed E-state index contributed by atoms with van der Waals surface area (Å²) in [5, 5.41) is 0. The zero-order chi connectivity index (χ0) is 6.28. The van der Waals surface area contributed by atoms with Gasteiger partial charge in [0.1, 0.15) is 0 Å². The molecule has 0 aromatic rings. The van der Waals surface area contributed by atoms with Crippen molar-refractivity contribution in [1.82, 2.24) is 0 Å². The standard InChI is InChI=1S/C2H6S.Na.HO3P.H2O.H/c1-2-3;;1-4(2)3;;/h3H,2H2,1H3;;(H-,1,2,3);1H2;/q;+1;;;-1/p+1. The molecule has 54 valence electrons. The number of hydrogen-bond donors (Lipinski definition) is 3. The molecule has 7 heteroatoms. The second-order valence-corrected chi connectivity index (χ2v) is 1.71. The average molecular weight is 185 g/mol. The van der Waals surface area contributed by atoms with Crippen LogP contribution in [0.2, 0.25) is 0 Å². The van der Waals surface area contributed by atoms with E-state index in [9.17, 15) is 0 Å². The van der Waals surface area contributed by atoms with E-state index in [0.717, 1.165) is 5.75 Å². The first kappa shape index (κ1) is 22.4. The summed E-state index contributed by atoms with van der Waals surface area (Å²) in [5.41, 5.74) is 0. The maximum Gasteiger partial charge on any atom is 1.00 e. The van der Waals surface area contributed by atoms with Crippen molar-refractivity contribution in [2.45, 2.75) is 6.92 Å². The van der Waals surface area contributed by atoms with Crippen molar-refractivity contribution in [2.24, 2.45) is 0 Å². The third-order valence-corrected chi connectivity index (χ3v) is 0. The van der Waals surface area contributed by atoms with Crippen molar-refractivity contribution in [3.63, 3.8) is 0 Å². The summed E-state index contributed by atoms with van der Waals surface area (Å²) < 4.78 is 8.70. The Morgan fingerprint density at radius 3 is 1.67 bits per heavy atom. The van der Waals surface area contributed by atoms with Crippen LogP contribution in [0.5, 0.6) is 0 Å². The Kier molecular flexibility index (Phi) is 56.8. The first-order valence-electron chi connectivity index (χ1n) is 1.61. The van der Waals surface area contributed by atoms with Gasteiger partial charge in [0.15, 0.2) is 0 Å². The van der Waals surface area contributed by atoms with Gasteiger partial charge in [0.25, 0.3) is 0 Å². The molecular weight excluding hydrogens is 174 g/mol. The average Bonchev–Trinajstić information content (AvgIpc) is 1.33. The van der Waals surface area contributed by atoms with Crippen LogP contribution in [-0.4, -0.2) is 21.0 Å². The molecule has 0 aliphatic rings. The summed E-state index contributed by atoms with van der Waals surface area (Å²) >= 11 is 3.79. The summed E-state index contributed by atoms with van der Waals surface area (Å²) in [5.74, 6) is 0.944. The molecule has 0 amide bonds. The van der Waals surface area contributed by atoms with Crippen molar-refractivity contribution >= 4 is 20.9 Å². The third kappa shape index (κ3) is 283. The molecule has 0 aromatic heterocycles. The summed E-state index contributed by atoms with van der Waals surface area (Å²) in [7, 11) is -2.87. The van der Waals surface area contributed by atoms with E-state index in [1.165, 1.54) is 0 Å². The molecular formula is C2H11NaO4PS+. The molecule has 0 unspecified atom stereocenters. The quantitative estimate of drug-likeness (QED) is 0.211. The molecule has 0 atom stereocenters. The zero-order valence-corrected chi connectivity index (χ0v) is 9.19. The fourth-order valence-electron chi connectivity index (χ4n) is 0. The van der Waals surface area contributed by atoms with Crippen molar-refractivity contribution in [3.8, 4) is 0 Å². The Labute approximate surface area is 84.1 Å². The van der Waals surface area contributed by atoms with Gasteiger partial charge in [0.2, 0.25) is 0 Å². The first-order valence-corrected chi connectivity index (χ1v) is 3.40. The normalized spacial score (nSPS) is 4.89. The van der Waals surface area contributed by atoms with Crippen LogP contribution in [0, 0.1) is 0 Å². The third-order valence-electron chi connectivity index (χ3n) is 0. The van der Waals surface area contributed by atoms with Crippen LogP contribution in [-0.2, 0) is 4.57 Å². The van der Waals surface area contributed by atoms with Gasteiger partial charge < -0.3 is 6.90 Å². The topological polar surface area (TPSA) is 89.0 Å². The number of thiol groups is 1.